The van der Waals surface area contributed by atoms with Crippen LogP contribution in [-0.2, 0) is 14.3 Å². The number of aliphatic hydroxyl groups excluding tert-OH is 1. The standard InChI is InChI=1S/C22H27NO6/c1-23(22(27)11-4-17-2-7-19(25)8-3-17)16-21(29-15-14-28-13-12-24)18-5-9-20(26)10-6-18/h2-11,21,24-26H,12-16H2,1H3. The van der Waals surface area contributed by atoms with E-state index in [0.717, 1.165) is 11.1 Å². The number of nitrogens with zero attached hydrogens (tertiary/aromatic N) is 1. The van der Waals surface area contributed by atoms with Crippen LogP contribution >= 0.6 is 0 Å². The molecular formula is C22H27NO6. The number of carbonyl (C=O) groups is 1. The molecule has 1 atom stereocenters. The number of likely N-dealkylation sites (N-methyl/N-ethyl adjacent to an activating group) is 1. The zero-order valence-corrected chi connectivity index (χ0v) is 16.4. The minimum atomic E-state index is -0.399. The Hall–Kier alpha value is -2.87. The zero-order valence-electron chi connectivity index (χ0n) is 16.4. The molecule has 2 aromatic carbocycles. The van der Waals surface area contributed by atoms with Crippen LogP contribution in [0.25, 0.3) is 6.08 Å². The third kappa shape index (κ3) is 7.95. The van der Waals surface area contributed by atoms with Gasteiger partial charge in [0.2, 0.25) is 5.91 Å². The molecule has 0 aliphatic heterocycles. The Labute approximate surface area is 170 Å². The van der Waals surface area contributed by atoms with Crippen LogP contribution in [0.1, 0.15) is 17.2 Å². The number of carbonyl (C=O) groups excluding carboxylic acids is 1. The summed E-state index contributed by atoms with van der Waals surface area (Å²) >= 11 is 0. The van der Waals surface area contributed by atoms with Crippen LogP contribution in [0.15, 0.2) is 54.6 Å². The summed E-state index contributed by atoms with van der Waals surface area (Å²) in [5.41, 5.74) is 1.63. The minimum Gasteiger partial charge on any atom is -0.508 e. The first kappa shape index (κ1) is 22.4. The van der Waals surface area contributed by atoms with Crippen molar-refractivity contribution in [1.82, 2.24) is 4.90 Å². The summed E-state index contributed by atoms with van der Waals surface area (Å²) in [6.45, 7) is 1.13. The van der Waals surface area contributed by atoms with E-state index in [2.05, 4.69) is 0 Å². The van der Waals surface area contributed by atoms with Crippen molar-refractivity contribution in [3.63, 3.8) is 0 Å². The Morgan fingerprint density at radius 1 is 1.00 bits per heavy atom. The molecule has 0 aromatic heterocycles. The predicted octanol–water partition coefficient (Wildman–Crippen LogP) is 2.34. The highest BCUT2D eigenvalue weighted by atomic mass is 16.5. The SMILES string of the molecule is CN(CC(OCCOCCO)c1ccc(O)cc1)C(=O)C=Cc1ccc(O)cc1. The fraction of sp³-hybridized carbons (Fsp3) is 0.318. The molecule has 0 fully saturated rings. The van der Waals surface area contributed by atoms with Gasteiger partial charge in [-0.25, -0.2) is 0 Å². The Morgan fingerprint density at radius 3 is 2.24 bits per heavy atom. The molecule has 0 bridgehead atoms. The van der Waals surface area contributed by atoms with E-state index in [1.165, 1.54) is 6.08 Å². The molecule has 1 unspecified atom stereocenters. The van der Waals surface area contributed by atoms with Crippen LogP contribution in [0.4, 0.5) is 0 Å². The van der Waals surface area contributed by atoms with Gasteiger partial charge in [-0.1, -0.05) is 24.3 Å². The number of phenolic OH excluding ortho intramolecular Hbond substituents is 2. The highest BCUT2D eigenvalue weighted by molar-refractivity contribution is 5.91. The summed E-state index contributed by atoms with van der Waals surface area (Å²) in [5, 5.41) is 27.6. The highest BCUT2D eigenvalue weighted by Crippen LogP contribution is 2.21. The molecule has 0 heterocycles. The summed E-state index contributed by atoms with van der Waals surface area (Å²) in [4.78, 5) is 14.0. The van der Waals surface area contributed by atoms with Gasteiger partial charge >= 0.3 is 0 Å². The van der Waals surface area contributed by atoms with E-state index in [9.17, 15) is 15.0 Å². The van der Waals surface area contributed by atoms with Crippen molar-refractivity contribution in [3.05, 3.63) is 65.7 Å². The van der Waals surface area contributed by atoms with Gasteiger partial charge in [0, 0.05) is 13.1 Å². The van der Waals surface area contributed by atoms with Gasteiger partial charge in [-0.2, -0.15) is 0 Å². The molecule has 0 radical (unpaired) electrons. The second-order valence-corrected chi connectivity index (χ2v) is 6.43. The first-order valence-electron chi connectivity index (χ1n) is 9.31. The van der Waals surface area contributed by atoms with E-state index >= 15 is 0 Å². The first-order chi connectivity index (χ1) is 14.0. The number of amides is 1. The lowest BCUT2D eigenvalue weighted by molar-refractivity contribution is -0.126. The van der Waals surface area contributed by atoms with Crippen LogP contribution in [0, 0.1) is 0 Å². The van der Waals surface area contributed by atoms with Gasteiger partial charge in [0.05, 0.1) is 33.0 Å². The smallest absolute Gasteiger partial charge is 0.246 e. The van der Waals surface area contributed by atoms with Crippen molar-refractivity contribution < 1.29 is 29.6 Å². The predicted molar refractivity (Wildman–Crippen MR) is 109 cm³/mol. The quantitative estimate of drug-likeness (QED) is 0.395. The Kier molecular flexibility index (Phi) is 9.17. The first-order valence-corrected chi connectivity index (χ1v) is 9.31. The summed E-state index contributed by atoms with van der Waals surface area (Å²) in [6, 6.07) is 13.2. The molecule has 0 saturated carbocycles. The Balaban J connectivity index is 1.98. The van der Waals surface area contributed by atoms with E-state index in [1.54, 1.807) is 66.6 Å². The second kappa shape index (κ2) is 11.9. The normalized spacial score (nSPS) is 12.2. The van der Waals surface area contributed by atoms with Crippen LogP contribution in [0.2, 0.25) is 0 Å². The van der Waals surface area contributed by atoms with Crippen LogP contribution in [0.5, 0.6) is 11.5 Å². The molecule has 2 rings (SSSR count). The molecule has 1 amide bonds. The lowest BCUT2D eigenvalue weighted by Gasteiger charge is -2.24. The molecule has 7 nitrogen and oxygen atoms in total. The highest BCUT2D eigenvalue weighted by Gasteiger charge is 2.17. The van der Waals surface area contributed by atoms with Crippen molar-refractivity contribution >= 4 is 12.0 Å². The molecule has 7 heteroatoms. The lowest BCUT2D eigenvalue weighted by atomic mass is 10.1. The number of phenols is 2. The number of rotatable bonds is 11. The monoisotopic (exact) mass is 401 g/mol. The average Bonchev–Trinajstić information content (AvgIpc) is 2.72. The number of hydrogen-bond acceptors (Lipinski definition) is 6. The molecule has 0 aliphatic carbocycles. The average molecular weight is 401 g/mol. The van der Waals surface area contributed by atoms with Crippen molar-refractivity contribution in [2.45, 2.75) is 6.10 Å². The van der Waals surface area contributed by atoms with E-state index in [-0.39, 0.29) is 30.6 Å². The van der Waals surface area contributed by atoms with Crippen LogP contribution in [0.3, 0.4) is 0 Å². The van der Waals surface area contributed by atoms with Crippen molar-refractivity contribution in [1.29, 1.82) is 0 Å². The van der Waals surface area contributed by atoms with Crippen LogP contribution in [-0.4, -0.2) is 66.1 Å². The van der Waals surface area contributed by atoms with Gasteiger partial charge in [0.1, 0.15) is 17.6 Å². The number of aliphatic hydroxyl groups is 1. The Morgan fingerprint density at radius 2 is 1.62 bits per heavy atom. The topological polar surface area (TPSA) is 99.5 Å². The fourth-order valence-electron chi connectivity index (χ4n) is 2.58. The van der Waals surface area contributed by atoms with Gasteiger partial charge in [0.25, 0.3) is 0 Å². The fourth-order valence-corrected chi connectivity index (χ4v) is 2.58. The summed E-state index contributed by atoms with van der Waals surface area (Å²) in [5.74, 6) is 0.129. The minimum absolute atomic E-state index is 0.0496. The van der Waals surface area contributed by atoms with Crippen molar-refractivity contribution in [2.75, 3.05) is 40.0 Å². The third-order valence-electron chi connectivity index (χ3n) is 4.17. The Bertz CT molecular complexity index is 773. The molecule has 29 heavy (non-hydrogen) atoms. The number of aromatic hydroxyl groups is 2. The molecule has 2 aromatic rings. The van der Waals surface area contributed by atoms with Gasteiger partial charge in [-0.3, -0.25) is 4.79 Å². The number of benzene rings is 2. The summed E-state index contributed by atoms with van der Waals surface area (Å²) in [7, 11) is 1.68. The van der Waals surface area contributed by atoms with E-state index in [0.29, 0.717) is 19.8 Å². The lowest BCUT2D eigenvalue weighted by Crippen LogP contribution is -2.31. The molecule has 0 saturated heterocycles. The molecule has 3 N–H and O–H groups in total. The third-order valence-corrected chi connectivity index (χ3v) is 4.17. The molecule has 0 spiro atoms. The van der Waals surface area contributed by atoms with E-state index < -0.39 is 6.10 Å². The van der Waals surface area contributed by atoms with Crippen molar-refractivity contribution in [3.8, 4) is 11.5 Å². The maximum Gasteiger partial charge on any atom is 0.246 e. The van der Waals surface area contributed by atoms with Crippen molar-refractivity contribution in [2.24, 2.45) is 0 Å². The summed E-state index contributed by atoms with van der Waals surface area (Å²) < 4.78 is 11.1. The molecule has 156 valence electrons. The second-order valence-electron chi connectivity index (χ2n) is 6.43. The van der Waals surface area contributed by atoms with E-state index in [1.807, 2.05) is 0 Å². The van der Waals surface area contributed by atoms with Gasteiger partial charge < -0.3 is 29.7 Å². The maximum atomic E-state index is 12.5. The summed E-state index contributed by atoms with van der Waals surface area (Å²) in [6.07, 6.45) is 2.74. The van der Waals surface area contributed by atoms with Gasteiger partial charge in [-0.05, 0) is 41.5 Å². The number of ether oxygens (including phenoxy) is 2. The molecular weight excluding hydrogens is 374 g/mol. The molecule has 0 aliphatic rings. The van der Waals surface area contributed by atoms with Gasteiger partial charge in [-0.15, -0.1) is 0 Å². The number of hydrogen-bond donors (Lipinski definition) is 3. The largest absolute Gasteiger partial charge is 0.508 e. The maximum absolute atomic E-state index is 12.5. The van der Waals surface area contributed by atoms with E-state index in [4.69, 9.17) is 14.6 Å². The van der Waals surface area contributed by atoms with Crippen LogP contribution < -0.4 is 0 Å². The zero-order chi connectivity index (χ0) is 21.1. The van der Waals surface area contributed by atoms with Gasteiger partial charge in [0.15, 0.2) is 0 Å².